The second kappa shape index (κ2) is 4.61. The molecule has 5 heteroatoms. The van der Waals surface area contributed by atoms with Crippen LogP contribution in [-0.4, -0.2) is 15.8 Å². The second-order valence-electron chi connectivity index (χ2n) is 3.51. The zero-order chi connectivity index (χ0) is 12.3. The molecule has 2 rings (SSSR count). The molecule has 0 bridgehead atoms. The van der Waals surface area contributed by atoms with Gasteiger partial charge in [-0.3, -0.25) is 10.4 Å². The van der Waals surface area contributed by atoms with Crippen molar-refractivity contribution in [2.45, 2.75) is 6.92 Å². The van der Waals surface area contributed by atoms with Gasteiger partial charge in [-0.2, -0.15) is 0 Å². The molecule has 2 aromatic rings. The molecule has 0 radical (unpaired) electrons. The average molecular weight is 228 g/mol. The van der Waals surface area contributed by atoms with Gasteiger partial charge in [0.05, 0.1) is 11.8 Å². The molecule has 3 N–H and O–H groups in total. The normalized spacial score (nSPS) is 9.94. The summed E-state index contributed by atoms with van der Waals surface area (Å²) in [7, 11) is 0. The minimum atomic E-state index is -0.0607. The van der Waals surface area contributed by atoms with Crippen LogP contribution in [0, 0.1) is 12.3 Å². The Balaban J connectivity index is 2.40. The van der Waals surface area contributed by atoms with E-state index in [4.69, 9.17) is 15.9 Å². The van der Waals surface area contributed by atoms with Crippen LogP contribution in [0.3, 0.4) is 0 Å². The lowest BCUT2D eigenvalue weighted by Gasteiger charge is -2.10. The summed E-state index contributed by atoms with van der Waals surface area (Å²) >= 11 is 0. The third-order valence-electron chi connectivity index (χ3n) is 2.24. The molecule has 0 amide bonds. The predicted octanol–water partition coefficient (Wildman–Crippen LogP) is 1.86. The van der Waals surface area contributed by atoms with Crippen molar-refractivity contribution in [2.24, 2.45) is 5.73 Å². The minimum Gasteiger partial charge on any atom is -0.437 e. The lowest BCUT2D eigenvalue weighted by molar-refractivity contribution is 0.459. The fraction of sp³-hybridized carbons (Fsp3) is 0.0833. The Bertz CT molecular complexity index is 539. The number of pyridine rings is 2. The summed E-state index contributed by atoms with van der Waals surface area (Å²) in [5, 5.41) is 7.53. The first kappa shape index (κ1) is 11.1. The Hall–Kier alpha value is -2.43. The second-order valence-corrected chi connectivity index (χ2v) is 3.51. The van der Waals surface area contributed by atoms with Crippen LogP contribution in [0.5, 0.6) is 11.6 Å². The van der Waals surface area contributed by atoms with Gasteiger partial charge in [0, 0.05) is 12.4 Å². The number of hydrogen-bond acceptors (Lipinski definition) is 4. The van der Waals surface area contributed by atoms with Crippen LogP contribution in [0.25, 0.3) is 0 Å². The molecule has 2 aromatic heterocycles. The Labute approximate surface area is 98.8 Å². The van der Waals surface area contributed by atoms with E-state index >= 15 is 0 Å². The number of ether oxygens (including phenoxy) is 1. The van der Waals surface area contributed by atoms with Gasteiger partial charge < -0.3 is 10.5 Å². The number of aromatic nitrogens is 2. The fourth-order valence-electron chi connectivity index (χ4n) is 1.46. The van der Waals surface area contributed by atoms with Gasteiger partial charge in [-0.05, 0) is 30.7 Å². The van der Waals surface area contributed by atoms with Crippen LogP contribution in [0.2, 0.25) is 0 Å². The van der Waals surface area contributed by atoms with E-state index in [1.165, 1.54) is 0 Å². The molecule has 0 spiro atoms. The van der Waals surface area contributed by atoms with Gasteiger partial charge in [-0.15, -0.1) is 0 Å². The molecule has 0 aliphatic heterocycles. The molecule has 17 heavy (non-hydrogen) atoms. The average Bonchev–Trinajstić information content (AvgIpc) is 2.30. The standard InChI is InChI=1S/C12H12N4O/c1-8-4-6-16-12(10(8)11(13)14)17-9-3-2-5-15-7-9/h2-7H,1H3,(H3,13,14). The van der Waals surface area contributed by atoms with E-state index in [9.17, 15) is 0 Å². The van der Waals surface area contributed by atoms with Crippen molar-refractivity contribution in [2.75, 3.05) is 0 Å². The molecule has 2 heterocycles. The Morgan fingerprint density at radius 2 is 2.18 bits per heavy atom. The van der Waals surface area contributed by atoms with Gasteiger partial charge in [0.15, 0.2) is 0 Å². The van der Waals surface area contributed by atoms with Gasteiger partial charge in [0.25, 0.3) is 0 Å². The number of hydrogen-bond donors (Lipinski definition) is 2. The van der Waals surface area contributed by atoms with E-state index < -0.39 is 0 Å². The topological polar surface area (TPSA) is 84.9 Å². The number of amidine groups is 1. The van der Waals surface area contributed by atoms with E-state index in [0.29, 0.717) is 17.2 Å². The highest BCUT2D eigenvalue weighted by Gasteiger charge is 2.12. The summed E-state index contributed by atoms with van der Waals surface area (Å²) < 4.78 is 5.56. The van der Waals surface area contributed by atoms with E-state index in [1.807, 2.05) is 6.92 Å². The number of nitrogens with one attached hydrogen (secondary N) is 1. The van der Waals surface area contributed by atoms with Crippen LogP contribution < -0.4 is 10.5 Å². The molecule has 0 saturated heterocycles. The smallest absolute Gasteiger partial charge is 0.230 e. The lowest BCUT2D eigenvalue weighted by atomic mass is 10.1. The summed E-state index contributed by atoms with van der Waals surface area (Å²) in [5.74, 6) is 0.827. The van der Waals surface area contributed by atoms with Crippen molar-refractivity contribution in [3.63, 3.8) is 0 Å². The van der Waals surface area contributed by atoms with Gasteiger partial charge in [-0.25, -0.2) is 4.98 Å². The Kier molecular flexibility index (Phi) is 3.00. The number of rotatable bonds is 3. The van der Waals surface area contributed by atoms with Crippen molar-refractivity contribution >= 4 is 5.84 Å². The molecule has 5 nitrogen and oxygen atoms in total. The maximum Gasteiger partial charge on any atom is 0.230 e. The molecule has 0 aliphatic carbocycles. The van der Waals surface area contributed by atoms with Crippen molar-refractivity contribution in [1.29, 1.82) is 5.41 Å². The molecule has 0 aromatic carbocycles. The quantitative estimate of drug-likeness (QED) is 0.620. The SMILES string of the molecule is Cc1ccnc(Oc2cccnc2)c1C(=N)N. The summed E-state index contributed by atoms with van der Waals surface area (Å²) in [6.07, 6.45) is 4.85. The highest BCUT2D eigenvalue weighted by molar-refractivity contribution is 5.98. The minimum absolute atomic E-state index is 0.0607. The van der Waals surface area contributed by atoms with Crippen LogP contribution in [0.15, 0.2) is 36.8 Å². The fourth-order valence-corrected chi connectivity index (χ4v) is 1.46. The first-order valence-corrected chi connectivity index (χ1v) is 5.06. The molecule has 0 saturated carbocycles. The van der Waals surface area contributed by atoms with Crippen LogP contribution in [0.4, 0.5) is 0 Å². The zero-order valence-electron chi connectivity index (χ0n) is 9.34. The largest absolute Gasteiger partial charge is 0.437 e. The molecule has 86 valence electrons. The van der Waals surface area contributed by atoms with Crippen molar-refractivity contribution in [3.05, 3.63) is 47.9 Å². The third-order valence-corrected chi connectivity index (χ3v) is 2.24. The number of aryl methyl sites for hydroxylation is 1. The molecular weight excluding hydrogens is 216 g/mol. The van der Waals surface area contributed by atoms with Crippen LogP contribution >= 0.6 is 0 Å². The van der Waals surface area contributed by atoms with Gasteiger partial charge >= 0.3 is 0 Å². The summed E-state index contributed by atoms with van der Waals surface area (Å²) in [6, 6.07) is 5.31. The first-order valence-electron chi connectivity index (χ1n) is 5.06. The maximum atomic E-state index is 7.53. The highest BCUT2D eigenvalue weighted by atomic mass is 16.5. The monoisotopic (exact) mass is 228 g/mol. The highest BCUT2D eigenvalue weighted by Crippen LogP contribution is 2.23. The number of nitrogen functional groups attached to an aromatic ring is 1. The summed E-state index contributed by atoms with van der Waals surface area (Å²) in [6.45, 7) is 1.86. The molecule has 0 atom stereocenters. The van der Waals surface area contributed by atoms with Crippen molar-refractivity contribution in [3.8, 4) is 11.6 Å². The van der Waals surface area contributed by atoms with Crippen molar-refractivity contribution in [1.82, 2.24) is 9.97 Å². The number of nitrogens with two attached hydrogens (primary N) is 1. The van der Waals surface area contributed by atoms with E-state index in [-0.39, 0.29) is 5.84 Å². The zero-order valence-corrected chi connectivity index (χ0v) is 9.34. The molecule has 0 fully saturated rings. The van der Waals surface area contributed by atoms with Gasteiger partial charge in [-0.1, -0.05) is 0 Å². The Morgan fingerprint density at radius 3 is 2.82 bits per heavy atom. The van der Waals surface area contributed by atoms with E-state index in [0.717, 1.165) is 5.56 Å². The van der Waals surface area contributed by atoms with Gasteiger partial charge in [0.2, 0.25) is 5.88 Å². The maximum absolute atomic E-state index is 7.53. The molecule has 0 unspecified atom stereocenters. The summed E-state index contributed by atoms with van der Waals surface area (Å²) in [5.41, 5.74) is 6.88. The molecule has 0 aliphatic rings. The first-order chi connectivity index (χ1) is 8.18. The number of nitrogens with zero attached hydrogens (tertiary/aromatic N) is 2. The van der Waals surface area contributed by atoms with Crippen molar-refractivity contribution < 1.29 is 4.74 Å². The van der Waals surface area contributed by atoms with E-state index in [2.05, 4.69) is 9.97 Å². The van der Waals surface area contributed by atoms with Crippen LogP contribution in [0.1, 0.15) is 11.1 Å². The van der Waals surface area contributed by atoms with E-state index in [1.54, 1.807) is 36.8 Å². The third kappa shape index (κ3) is 2.39. The Morgan fingerprint density at radius 1 is 1.35 bits per heavy atom. The summed E-state index contributed by atoms with van der Waals surface area (Å²) in [4.78, 5) is 8.03. The van der Waals surface area contributed by atoms with Crippen LogP contribution in [-0.2, 0) is 0 Å². The predicted molar refractivity (Wildman–Crippen MR) is 64.3 cm³/mol. The molecular formula is C12H12N4O. The van der Waals surface area contributed by atoms with Gasteiger partial charge in [0.1, 0.15) is 11.6 Å². The lowest BCUT2D eigenvalue weighted by Crippen LogP contribution is -2.14.